The van der Waals surface area contributed by atoms with E-state index in [2.05, 4.69) is 35.9 Å². The predicted molar refractivity (Wildman–Crippen MR) is 82.6 cm³/mol. The largest absolute Gasteiger partial charge is 0.311 e. The SMILES string of the molecule is CC(C)CC1CNC(C)CN1CCN1CCCCC1. The molecule has 2 rings (SSSR count). The number of piperidine rings is 1. The summed E-state index contributed by atoms with van der Waals surface area (Å²) in [4.78, 5) is 5.42. The van der Waals surface area contributed by atoms with Crippen LogP contribution in [0.25, 0.3) is 0 Å². The Morgan fingerprint density at radius 2 is 1.84 bits per heavy atom. The molecule has 2 aliphatic rings. The first-order valence-electron chi connectivity index (χ1n) is 8.35. The summed E-state index contributed by atoms with van der Waals surface area (Å²) in [5.74, 6) is 0.803. The van der Waals surface area contributed by atoms with Crippen molar-refractivity contribution < 1.29 is 0 Å². The molecule has 112 valence electrons. The fraction of sp³-hybridized carbons (Fsp3) is 1.00. The minimum atomic E-state index is 0.657. The van der Waals surface area contributed by atoms with E-state index in [4.69, 9.17) is 0 Å². The average Bonchev–Trinajstić information content (AvgIpc) is 2.40. The Hall–Kier alpha value is -0.120. The van der Waals surface area contributed by atoms with E-state index in [1.807, 2.05) is 0 Å². The highest BCUT2D eigenvalue weighted by atomic mass is 15.3. The van der Waals surface area contributed by atoms with E-state index < -0.39 is 0 Å². The topological polar surface area (TPSA) is 18.5 Å². The zero-order valence-electron chi connectivity index (χ0n) is 13.2. The molecule has 2 saturated heterocycles. The van der Waals surface area contributed by atoms with Gasteiger partial charge in [-0.2, -0.15) is 0 Å². The van der Waals surface area contributed by atoms with Gasteiger partial charge in [0.1, 0.15) is 0 Å². The smallest absolute Gasteiger partial charge is 0.0224 e. The van der Waals surface area contributed by atoms with Gasteiger partial charge in [0, 0.05) is 38.3 Å². The maximum absolute atomic E-state index is 3.65. The first-order valence-corrected chi connectivity index (χ1v) is 8.35. The van der Waals surface area contributed by atoms with E-state index in [0.29, 0.717) is 6.04 Å². The third-order valence-corrected chi connectivity index (χ3v) is 4.62. The molecule has 0 spiro atoms. The molecule has 0 radical (unpaired) electrons. The van der Waals surface area contributed by atoms with E-state index in [1.54, 1.807) is 0 Å². The van der Waals surface area contributed by atoms with E-state index in [9.17, 15) is 0 Å². The molecule has 3 nitrogen and oxygen atoms in total. The van der Waals surface area contributed by atoms with E-state index in [-0.39, 0.29) is 0 Å². The molecule has 2 unspecified atom stereocenters. The van der Waals surface area contributed by atoms with Gasteiger partial charge in [-0.15, -0.1) is 0 Å². The first-order chi connectivity index (χ1) is 9.15. The van der Waals surface area contributed by atoms with Gasteiger partial charge in [-0.3, -0.25) is 4.90 Å². The third kappa shape index (κ3) is 5.05. The summed E-state index contributed by atoms with van der Waals surface area (Å²) < 4.78 is 0. The molecule has 0 saturated carbocycles. The fourth-order valence-electron chi connectivity index (χ4n) is 3.53. The molecule has 2 heterocycles. The number of likely N-dealkylation sites (tertiary alicyclic amines) is 1. The van der Waals surface area contributed by atoms with Crippen molar-refractivity contribution in [2.45, 2.75) is 58.5 Å². The van der Waals surface area contributed by atoms with Gasteiger partial charge in [-0.1, -0.05) is 20.3 Å². The van der Waals surface area contributed by atoms with Crippen LogP contribution in [0.1, 0.15) is 46.5 Å². The second-order valence-electron chi connectivity index (χ2n) is 6.99. The summed E-state index contributed by atoms with van der Waals surface area (Å²) in [6.07, 6.45) is 5.59. The Morgan fingerprint density at radius 3 is 2.53 bits per heavy atom. The second-order valence-corrected chi connectivity index (χ2v) is 6.99. The van der Waals surface area contributed by atoms with Gasteiger partial charge in [-0.25, -0.2) is 0 Å². The molecule has 0 aromatic heterocycles. The predicted octanol–water partition coefficient (Wildman–Crippen LogP) is 2.18. The van der Waals surface area contributed by atoms with Crippen LogP contribution in [-0.2, 0) is 0 Å². The highest BCUT2D eigenvalue weighted by Gasteiger charge is 2.26. The lowest BCUT2D eigenvalue weighted by Crippen LogP contribution is -2.57. The van der Waals surface area contributed by atoms with Crippen LogP contribution in [0, 0.1) is 5.92 Å². The molecule has 1 N–H and O–H groups in total. The Bertz CT molecular complexity index is 248. The van der Waals surface area contributed by atoms with Crippen LogP contribution in [0.2, 0.25) is 0 Å². The number of nitrogens with one attached hydrogen (secondary N) is 1. The minimum Gasteiger partial charge on any atom is -0.311 e. The molecule has 3 heteroatoms. The lowest BCUT2D eigenvalue weighted by atomic mass is 9.99. The number of rotatable bonds is 5. The van der Waals surface area contributed by atoms with Crippen molar-refractivity contribution in [3.8, 4) is 0 Å². The van der Waals surface area contributed by atoms with Crippen molar-refractivity contribution in [1.29, 1.82) is 0 Å². The maximum Gasteiger partial charge on any atom is 0.0224 e. The fourth-order valence-corrected chi connectivity index (χ4v) is 3.53. The van der Waals surface area contributed by atoms with Crippen molar-refractivity contribution in [2.24, 2.45) is 5.92 Å². The molecule has 0 amide bonds. The van der Waals surface area contributed by atoms with Gasteiger partial charge >= 0.3 is 0 Å². The molecule has 19 heavy (non-hydrogen) atoms. The molecule has 2 fully saturated rings. The zero-order valence-corrected chi connectivity index (χ0v) is 13.2. The number of nitrogens with zero attached hydrogens (tertiary/aromatic N) is 2. The van der Waals surface area contributed by atoms with Crippen molar-refractivity contribution >= 4 is 0 Å². The molecular weight excluding hydrogens is 234 g/mol. The lowest BCUT2D eigenvalue weighted by Gasteiger charge is -2.41. The Balaban J connectivity index is 1.79. The quantitative estimate of drug-likeness (QED) is 0.824. The highest BCUT2D eigenvalue weighted by Crippen LogP contribution is 2.16. The zero-order chi connectivity index (χ0) is 13.7. The summed E-state index contributed by atoms with van der Waals surface area (Å²) in [5, 5.41) is 3.65. The van der Waals surface area contributed by atoms with Gasteiger partial charge in [0.05, 0.1) is 0 Å². The highest BCUT2D eigenvalue weighted by molar-refractivity contribution is 4.85. The van der Waals surface area contributed by atoms with Gasteiger partial charge < -0.3 is 10.2 Å². The standard InChI is InChI=1S/C16H33N3/c1-14(2)11-16-12-17-15(3)13-19(16)10-9-18-7-5-4-6-8-18/h14-17H,4-13H2,1-3H3. The average molecular weight is 267 g/mol. The van der Waals surface area contributed by atoms with Gasteiger partial charge in [0.2, 0.25) is 0 Å². The number of hydrogen-bond acceptors (Lipinski definition) is 3. The third-order valence-electron chi connectivity index (χ3n) is 4.62. The molecule has 0 bridgehead atoms. The molecule has 2 atom stereocenters. The molecule has 0 aromatic rings. The van der Waals surface area contributed by atoms with Crippen molar-refractivity contribution in [1.82, 2.24) is 15.1 Å². The number of hydrogen-bond donors (Lipinski definition) is 1. The Labute approximate surface area is 119 Å². The Kier molecular flexibility index (Phi) is 6.11. The summed E-state index contributed by atoms with van der Waals surface area (Å²) in [6.45, 7) is 14.6. The molecule has 2 aliphatic heterocycles. The van der Waals surface area contributed by atoms with Gasteiger partial charge in [0.15, 0.2) is 0 Å². The van der Waals surface area contributed by atoms with Gasteiger partial charge in [0.25, 0.3) is 0 Å². The van der Waals surface area contributed by atoms with Crippen LogP contribution in [0.4, 0.5) is 0 Å². The summed E-state index contributed by atoms with van der Waals surface area (Å²) >= 11 is 0. The number of piperazine rings is 1. The van der Waals surface area contributed by atoms with E-state index in [1.165, 1.54) is 65.0 Å². The normalized spacial score (nSPS) is 30.9. The molecular formula is C16H33N3. The van der Waals surface area contributed by atoms with Crippen molar-refractivity contribution in [2.75, 3.05) is 39.3 Å². The molecule has 0 aromatic carbocycles. The van der Waals surface area contributed by atoms with Crippen molar-refractivity contribution in [3.05, 3.63) is 0 Å². The second kappa shape index (κ2) is 7.61. The van der Waals surface area contributed by atoms with Crippen LogP contribution in [0.3, 0.4) is 0 Å². The van der Waals surface area contributed by atoms with Crippen LogP contribution in [-0.4, -0.2) is 61.2 Å². The van der Waals surface area contributed by atoms with Crippen LogP contribution in [0.15, 0.2) is 0 Å². The van der Waals surface area contributed by atoms with E-state index >= 15 is 0 Å². The summed E-state index contributed by atoms with van der Waals surface area (Å²) in [6, 6.07) is 1.41. The lowest BCUT2D eigenvalue weighted by molar-refractivity contribution is 0.0976. The summed E-state index contributed by atoms with van der Waals surface area (Å²) in [7, 11) is 0. The Morgan fingerprint density at radius 1 is 1.11 bits per heavy atom. The van der Waals surface area contributed by atoms with E-state index in [0.717, 1.165) is 12.0 Å². The maximum atomic E-state index is 3.65. The minimum absolute atomic E-state index is 0.657. The molecule has 0 aliphatic carbocycles. The van der Waals surface area contributed by atoms with Crippen LogP contribution >= 0.6 is 0 Å². The van der Waals surface area contributed by atoms with Crippen LogP contribution < -0.4 is 5.32 Å². The summed E-state index contributed by atoms with van der Waals surface area (Å²) in [5.41, 5.74) is 0. The van der Waals surface area contributed by atoms with Gasteiger partial charge in [-0.05, 0) is 45.2 Å². The monoisotopic (exact) mass is 267 g/mol. The first kappa shape index (κ1) is 15.3. The van der Waals surface area contributed by atoms with Crippen LogP contribution in [0.5, 0.6) is 0 Å². The van der Waals surface area contributed by atoms with Crippen molar-refractivity contribution in [3.63, 3.8) is 0 Å².